The van der Waals surface area contributed by atoms with Crippen molar-refractivity contribution < 1.29 is 22.8 Å². The molecule has 35 heavy (non-hydrogen) atoms. The van der Waals surface area contributed by atoms with Crippen molar-refractivity contribution in [3.05, 3.63) is 93.5 Å². The summed E-state index contributed by atoms with van der Waals surface area (Å²) in [7, 11) is 0. The van der Waals surface area contributed by atoms with Crippen molar-refractivity contribution in [1.82, 2.24) is 5.32 Å². The van der Waals surface area contributed by atoms with Gasteiger partial charge in [0.25, 0.3) is 0 Å². The summed E-state index contributed by atoms with van der Waals surface area (Å²) in [5.74, 6) is -1.14. The molecule has 9 heteroatoms. The van der Waals surface area contributed by atoms with Crippen molar-refractivity contribution in [3.63, 3.8) is 0 Å². The summed E-state index contributed by atoms with van der Waals surface area (Å²) in [6.07, 6.45) is -4.72. The van der Waals surface area contributed by atoms with Gasteiger partial charge in [0, 0.05) is 10.7 Å². The summed E-state index contributed by atoms with van der Waals surface area (Å²) in [4.78, 5) is 25.8. The number of benzene rings is 3. The Balaban J connectivity index is 1.80. The Hall–Kier alpha value is -3.36. The van der Waals surface area contributed by atoms with E-state index in [4.69, 9.17) is 11.6 Å². The first kappa shape index (κ1) is 26.2. The standard InChI is InChI=1S/C26H25ClF3N3O2/c1-15-11-16(2)23(17(3)12-15)33-22(34)14-31-24(18-7-5-4-6-8-18)25(35)32-21-10-9-19(27)13-20(21)26(28,29)30/h4-13,24,31H,14H2,1-3H3,(H,32,35)(H,33,34). The van der Waals surface area contributed by atoms with Crippen LogP contribution in [0.3, 0.4) is 0 Å². The van der Waals surface area contributed by atoms with Gasteiger partial charge < -0.3 is 10.6 Å². The van der Waals surface area contributed by atoms with Gasteiger partial charge in [0.05, 0.1) is 17.8 Å². The number of rotatable bonds is 7. The lowest BCUT2D eigenvalue weighted by Gasteiger charge is -2.21. The predicted octanol–water partition coefficient (Wildman–Crippen LogP) is 6.19. The lowest BCUT2D eigenvalue weighted by Crippen LogP contribution is -2.38. The highest BCUT2D eigenvalue weighted by Gasteiger charge is 2.35. The fourth-order valence-electron chi connectivity index (χ4n) is 3.83. The Morgan fingerprint density at radius 3 is 2.14 bits per heavy atom. The summed E-state index contributed by atoms with van der Waals surface area (Å²) in [5, 5.41) is 7.93. The Labute approximate surface area is 206 Å². The van der Waals surface area contributed by atoms with Gasteiger partial charge in [-0.2, -0.15) is 13.2 Å². The van der Waals surface area contributed by atoms with Gasteiger partial charge in [-0.25, -0.2) is 0 Å². The molecule has 0 saturated heterocycles. The van der Waals surface area contributed by atoms with Gasteiger partial charge in [0.2, 0.25) is 11.8 Å². The third kappa shape index (κ3) is 6.83. The molecule has 1 unspecified atom stereocenters. The molecule has 5 nitrogen and oxygen atoms in total. The highest BCUT2D eigenvalue weighted by Crippen LogP contribution is 2.37. The second-order valence-electron chi connectivity index (χ2n) is 8.22. The first-order valence-corrected chi connectivity index (χ1v) is 11.2. The summed E-state index contributed by atoms with van der Waals surface area (Å²) >= 11 is 5.73. The number of alkyl halides is 3. The van der Waals surface area contributed by atoms with Crippen molar-refractivity contribution in [2.45, 2.75) is 33.0 Å². The molecule has 0 saturated carbocycles. The molecule has 0 radical (unpaired) electrons. The van der Waals surface area contributed by atoms with E-state index < -0.39 is 35.3 Å². The van der Waals surface area contributed by atoms with Gasteiger partial charge in [-0.1, -0.05) is 59.6 Å². The van der Waals surface area contributed by atoms with Crippen LogP contribution in [0, 0.1) is 20.8 Å². The normalized spacial score (nSPS) is 12.2. The van der Waals surface area contributed by atoms with Gasteiger partial charge >= 0.3 is 6.18 Å². The van der Waals surface area contributed by atoms with Crippen LogP contribution in [0.4, 0.5) is 24.5 Å². The Bertz CT molecular complexity index is 1210. The third-order valence-corrected chi connectivity index (χ3v) is 5.58. The van der Waals surface area contributed by atoms with Crippen LogP contribution >= 0.6 is 11.6 Å². The van der Waals surface area contributed by atoms with Crippen LogP contribution in [0.1, 0.15) is 33.9 Å². The molecule has 1 atom stereocenters. The molecule has 3 N–H and O–H groups in total. The van der Waals surface area contributed by atoms with Gasteiger partial charge in [-0.3, -0.25) is 14.9 Å². The van der Waals surface area contributed by atoms with Gasteiger partial charge in [-0.15, -0.1) is 0 Å². The number of carbonyl (C=O) groups is 2. The lowest BCUT2D eigenvalue weighted by atomic mass is 10.0. The Kier molecular flexibility index (Phi) is 8.19. The van der Waals surface area contributed by atoms with Crippen LogP contribution in [-0.2, 0) is 15.8 Å². The first-order valence-electron chi connectivity index (χ1n) is 10.8. The monoisotopic (exact) mass is 503 g/mol. The molecule has 0 fully saturated rings. The molecule has 2 amide bonds. The van der Waals surface area contributed by atoms with E-state index in [1.807, 2.05) is 32.9 Å². The van der Waals surface area contributed by atoms with E-state index in [0.717, 1.165) is 28.8 Å². The van der Waals surface area contributed by atoms with Crippen molar-refractivity contribution >= 4 is 34.8 Å². The molecule has 0 aliphatic heterocycles. The number of hydrogen-bond donors (Lipinski definition) is 3. The van der Waals surface area contributed by atoms with E-state index >= 15 is 0 Å². The number of amides is 2. The topological polar surface area (TPSA) is 70.2 Å². The number of nitrogens with one attached hydrogen (secondary N) is 3. The minimum Gasteiger partial charge on any atom is -0.324 e. The van der Waals surface area contributed by atoms with E-state index in [2.05, 4.69) is 16.0 Å². The number of hydrogen-bond acceptors (Lipinski definition) is 3. The summed E-state index contributed by atoms with van der Waals surface area (Å²) < 4.78 is 40.4. The van der Waals surface area contributed by atoms with Crippen molar-refractivity contribution in [2.75, 3.05) is 17.2 Å². The maximum Gasteiger partial charge on any atom is 0.418 e. The zero-order valence-electron chi connectivity index (χ0n) is 19.4. The van der Waals surface area contributed by atoms with Gasteiger partial charge in [0.1, 0.15) is 6.04 Å². The predicted molar refractivity (Wildman–Crippen MR) is 132 cm³/mol. The fraction of sp³-hybridized carbons (Fsp3) is 0.231. The highest BCUT2D eigenvalue weighted by atomic mass is 35.5. The zero-order chi connectivity index (χ0) is 25.8. The van der Waals surface area contributed by atoms with Gasteiger partial charge in [0.15, 0.2) is 0 Å². The molecular formula is C26H25ClF3N3O2. The Morgan fingerprint density at radius 2 is 1.54 bits per heavy atom. The number of aryl methyl sites for hydroxylation is 3. The zero-order valence-corrected chi connectivity index (χ0v) is 20.1. The molecule has 184 valence electrons. The third-order valence-electron chi connectivity index (χ3n) is 5.35. The van der Waals surface area contributed by atoms with Crippen LogP contribution in [0.2, 0.25) is 5.02 Å². The molecule has 3 rings (SSSR count). The molecule has 0 aliphatic rings. The average Bonchev–Trinajstić information content (AvgIpc) is 2.77. The average molecular weight is 504 g/mol. The van der Waals surface area contributed by atoms with Crippen LogP contribution in [0.5, 0.6) is 0 Å². The molecule has 3 aromatic rings. The van der Waals surface area contributed by atoms with Gasteiger partial charge in [-0.05, 0) is 55.7 Å². The van der Waals surface area contributed by atoms with Crippen LogP contribution < -0.4 is 16.0 Å². The first-order chi connectivity index (χ1) is 16.5. The second-order valence-corrected chi connectivity index (χ2v) is 8.66. The summed E-state index contributed by atoms with van der Waals surface area (Å²) in [6, 6.07) is 14.3. The van der Waals surface area contributed by atoms with Crippen LogP contribution in [0.25, 0.3) is 0 Å². The van der Waals surface area contributed by atoms with E-state index in [-0.39, 0.29) is 11.6 Å². The van der Waals surface area contributed by atoms with Crippen LogP contribution in [-0.4, -0.2) is 18.4 Å². The summed E-state index contributed by atoms with van der Waals surface area (Å²) in [5.41, 5.74) is 2.55. The van der Waals surface area contributed by atoms with Crippen molar-refractivity contribution in [1.29, 1.82) is 0 Å². The maximum atomic E-state index is 13.5. The number of halogens is 4. The van der Waals surface area contributed by atoms with E-state index in [1.165, 1.54) is 6.07 Å². The Morgan fingerprint density at radius 1 is 0.914 bits per heavy atom. The molecule has 0 heterocycles. The fourth-order valence-corrected chi connectivity index (χ4v) is 4.00. The molecule has 0 bridgehead atoms. The SMILES string of the molecule is Cc1cc(C)c(NC(=O)CNC(C(=O)Nc2ccc(Cl)cc2C(F)(F)F)c2ccccc2)c(C)c1. The van der Waals surface area contributed by atoms with Crippen molar-refractivity contribution in [3.8, 4) is 0 Å². The molecule has 0 aromatic heterocycles. The van der Waals surface area contributed by atoms with Crippen molar-refractivity contribution in [2.24, 2.45) is 0 Å². The van der Waals surface area contributed by atoms with E-state index in [0.29, 0.717) is 11.3 Å². The minimum absolute atomic E-state index is 0.105. The number of carbonyl (C=O) groups excluding carboxylic acids is 2. The molecule has 3 aromatic carbocycles. The molecular weight excluding hydrogens is 479 g/mol. The molecule has 0 aliphatic carbocycles. The van der Waals surface area contributed by atoms with E-state index in [9.17, 15) is 22.8 Å². The van der Waals surface area contributed by atoms with E-state index in [1.54, 1.807) is 30.3 Å². The highest BCUT2D eigenvalue weighted by molar-refractivity contribution is 6.30. The number of anilines is 2. The minimum atomic E-state index is -4.72. The quantitative estimate of drug-likeness (QED) is 0.360. The summed E-state index contributed by atoms with van der Waals surface area (Å²) in [6.45, 7) is 5.48. The smallest absolute Gasteiger partial charge is 0.324 e. The lowest BCUT2D eigenvalue weighted by molar-refractivity contribution is -0.137. The van der Waals surface area contributed by atoms with Crippen LogP contribution in [0.15, 0.2) is 60.7 Å². The molecule has 0 spiro atoms. The largest absolute Gasteiger partial charge is 0.418 e. The second kappa shape index (κ2) is 10.9. The maximum absolute atomic E-state index is 13.5.